The van der Waals surface area contributed by atoms with E-state index in [0.717, 1.165) is 23.5 Å². The molecule has 0 saturated heterocycles. The van der Waals surface area contributed by atoms with Crippen molar-refractivity contribution in [2.45, 2.75) is 13.8 Å². The second-order valence-corrected chi connectivity index (χ2v) is 6.09. The molecule has 1 aromatic carbocycles. The van der Waals surface area contributed by atoms with Gasteiger partial charge in [0.25, 0.3) is 5.69 Å². The first kappa shape index (κ1) is 16.8. The average Bonchev–Trinajstić information content (AvgIpc) is 2.90. The van der Waals surface area contributed by atoms with E-state index in [9.17, 15) is 10.1 Å². The highest BCUT2D eigenvalue weighted by molar-refractivity contribution is 7.28. The minimum absolute atomic E-state index is 0. The number of halogens is 1. The largest absolute Gasteiger partial charge is 1.00 e. The van der Waals surface area contributed by atoms with Crippen LogP contribution in [-0.4, -0.2) is 18.0 Å². The highest BCUT2D eigenvalue weighted by Gasteiger charge is 2.09. The van der Waals surface area contributed by atoms with Crippen molar-refractivity contribution in [2.75, 3.05) is 13.1 Å². The topological polar surface area (TPSA) is 46.1 Å². The van der Waals surface area contributed by atoms with E-state index in [1.54, 1.807) is 34.8 Å². The van der Waals surface area contributed by atoms with E-state index in [4.69, 9.17) is 0 Å². The standard InChI is InChI=1S/C13H15N2O2S2.ClH/c1-3-14(4-2)13-18-9-12(19-13)10-5-7-11(8-6-10)15(16)17;/h5-9H,3-4H2,1-2H3;1H/q+1;/p-1. The first-order chi connectivity index (χ1) is 9.15. The van der Waals surface area contributed by atoms with E-state index in [1.807, 2.05) is 12.1 Å². The Hall–Kier alpha value is -1.24. The summed E-state index contributed by atoms with van der Waals surface area (Å²) in [6.07, 6.45) is 0. The van der Waals surface area contributed by atoms with Crippen LogP contribution >= 0.6 is 22.7 Å². The Kier molecular flexibility index (Phi) is 6.32. The van der Waals surface area contributed by atoms with E-state index in [0.29, 0.717) is 0 Å². The van der Waals surface area contributed by atoms with Gasteiger partial charge >= 0.3 is 3.98 Å². The van der Waals surface area contributed by atoms with Gasteiger partial charge in [-0.2, -0.15) is 0 Å². The number of hydrogen-bond acceptors (Lipinski definition) is 4. The van der Waals surface area contributed by atoms with Gasteiger partial charge in [-0.3, -0.25) is 10.1 Å². The zero-order valence-corrected chi connectivity index (χ0v) is 13.6. The van der Waals surface area contributed by atoms with Crippen LogP contribution < -0.4 is 21.0 Å². The van der Waals surface area contributed by atoms with Gasteiger partial charge in [-0.05, 0) is 31.5 Å². The summed E-state index contributed by atoms with van der Waals surface area (Å²) in [5.41, 5.74) is 1.17. The lowest BCUT2D eigenvalue weighted by Crippen LogP contribution is -3.00. The average molecular weight is 331 g/mol. The first-order valence-electron chi connectivity index (χ1n) is 6.07. The van der Waals surface area contributed by atoms with Crippen molar-refractivity contribution in [3.05, 3.63) is 43.7 Å². The summed E-state index contributed by atoms with van der Waals surface area (Å²) < 4.78 is 3.59. The third kappa shape index (κ3) is 3.65. The Labute approximate surface area is 131 Å². The highest BCUT2D eigenvalue weighted by Crippen LogP contribution is 2.25. The molecule has 1 aromatic heterocycles. The van der Waals surface area contributed by atoms with E-state index in [-0.39, 0.29) is 23.0 Å². The van der Waals surface area contributed by atoms with Gasteiger partial charge < -0.3 is 12.4 Å². The summed E-state index contributed by atoms with van der Waals surface area (Å²) in [6.45, 7) is 6.27. The smallest absolute Gasteiger partial charge is 0.314 e. The van der Waals surface area contributed by atoms with Gasteiger partial charge in [0.15, 0.2) is 0 Å². The molecule has 0 aliphatic rings. The summed E-state index contributed by atoms with van der Waals surface area (Å²) >= 11 is 3.45. The lowest BCUT2D eigenvalue weighted by Gasteiger charge is -1.95. The fourth-order valence-electron chi connectivity index (χ4n) is 1.74. The summed E-state index contributed by atoms with van der Waals surface area (Å²) in [7, 11) is 0. The number of non-ortho nitro benzene ring substituents is 1. The molecule has 0 amide bonds. The Morgan fingerprint density at radius 1 is 1.15 bits per heavy atom. The molecule has 4 nitrogen and oxygen atoms in total. The van der Waals surface area contributed by atoms with Crippen molar-refractivity contribution in [1.82, 2.24) is 4.58 Å². The Bertz CT molecular complexity index is 641. The maximum Gasteiger partial charge on any atom is 0.314 e. The van der Waals surface area contributed by atoms with Gasteiger partial charge in [-0.15, -0.1) is 0 Å². The van der Waals surface area contributed by atoms with Gasteiger partial charge in [0.1, 0.15) is 13.1 Å². The molecule has 20 heavy (non-hydrogen) atoms. The van der Waals surface area contributed by atoms with Crippen molar-refractivity contribution >= 4 is 28.4 Å². The van der Waals surface area contributed by atoms with Crippen LogP contribution in [0.15, 0.2) is 29.6 Å². The number of hydrogen-bond donors (Lipinski definition) is 0. The zero-order chi connectivity index (χ0) is 13.8. The number of nitrogens with zero attached hydrogens (tertiary/aromatic N) is 2. The lowest BCUT2D eigenvalue weighted by molar-refractivity contribution is -0.384. The highest BCUT2D eigenvalue weighted by atomic mass is 35.5. The fraction of sp³-hybridized carbons (Fsp3) is 0.308. The minimum atomic E-state index is -0.373. The van der Waals surface area contributed by atoms with Crippen LogP contribution in [0.5, 0.6) is 0 Å². The van der Waals surface area contributed by atoms with Crippen molar-refractivity contribution in [3.8, 4) is 10.4 Å². The van der Waals surface area contributed by atoms with Gasteiger partial charge in [0.05, 0.1) is 9.80 Å². The predicted molar refractivity (Wildman–Crippen MR) is 80.6 cm³/mol. The van der Waals surface area contributed by atoms with Crippen molar-refractivity contribution in [2.24, 2.45) is 0 Å². The van der Waals surface area contributed by atoms with Crippen LogP contribution in [0, 0.1) is 10.1 Å². The molecule has 7 heteroatoms. The maximum atomic E-state index is 10.6. The van der Waals surface area contributed by atoms with Gasteiger partial charge in [-0.1, -0.05) is 22.7 Å². The lowest BCUT2D eigenvalue weighted by atomic mass is 10.2. The fourth-order valence-corrected chi connectivity index (χ4v) is 4.26. The molecule has 0 N–H and O–H groups in total. The molecule has 0 bridgehead atoms. The molecule has 0 radical (unpaired) electrons. The molecular weight excluding hydrogens is 316 g/mol. The number of nitro benzene ring substituents is 1. The third-order valence-corrected chi connectivity index (χ3v) is 5.36. The summed E-state index contributed by atoms with van der Waals surface area (Å²) in [4.78, 5) is 11.4. The molecule has 0 aliphatic heterocycles. The summed E-state index contributed by atoms with van der Waals surface area (Å²) in [5, 5.41) is 12.7. The van der Waals surface area contributed by atoms with Crippen LogP contribution in [-0.2, 0) is 0 Å². The maximum absolute atomic E-state index is 10.6. The molecule has 0 fully saturated rings. The molecule has 0 saturated carbocycles. The van der Waals surface area contributed by atoms with E-state index in [1.165, 1.54) is 3.98 Å². The normalized spacial score (nSPS) is 9.90. The van der Waals surface area contributed by atoms with Crippen molar-refractivity contribution < 1.29 is 17.3 Å². The Morgan fingerprint density at radius 2 is 1.75 bits per heavy atom. The van der Waals surface area contributed by atoms with E-state index < -0.39 is 0 Å². The molecule has 108 valence electrons. The zero-order valence-electron chi connectivity index (χ0n) is 11.2. The molecule has 0 aliphatic carbocycles. The van der Waals surface area contributed by atoms with Gasteiger partial charge in [-0.25, -0.2) is 4.58 Å². The molecule has 2 aromatic rings. The quantitative estimate of drug-likeness (QED) is 0.457. The van der Waals surface area contributed by atoms with Crippen LogP contribution in [0.1, 0.15) is 13.8 Å². The molecule has 0 unspecified atom stereocenters. The van der Waals surface area contributed by atoms with Crippen LogP contribution in [0.25, 0.3) is 10.4 Å². The van der Waals surface area contributed by atoms with Crippen LogP contribution in [0.3, 0.4) is 0 Å². The minimum Gasteiger partial charge on any atom is -1.00 e. The molecular formula is C13H15ClN2O2S2. The van der Waals surface area contributed by atoms with Crippen LogP contribution in [0.2, 0.25) is 0 Å². The Morgan fingerprint density at radius 3 is 2.25 bits per heavy atom. The molecule has 2 rings (SSSR count). The third-order valence-electron chi connectivity index (χ3n) is 2.85. The number of benzene rings is 1. The van der Waals surface area contributed by atoms with E-state index >= 15 is 0 Å². The molecule has 0 spiro atoms. The summed E-state index contributed by atoms with van der Waals surface area (Å²) in [5.74, 6) is 0. The SMILES string of the molecule is CC[N+](CC)=c1scc(-c2ccc([N+](=O)[O-])cc2)s1.[Cl-]. The predicted octanol–water partition coefficient (Wildman–Crippen LogP) is 0.201. The molecule has 0 atom stereocenters. The van der Waals surface area contributed by atoms with Gasteiger partial charge in [0, 0.05) is 17.5 Å². The first-order valence-corrected chi connectivity index (χ1v) is 7.76. The second-order valence-electron chi connectivity index (χ2n) is 3.94. The summed E-state index contributed by atoms with van der Waals surface area (Å²) in [6, 6.07) is 6.72. The Balaban J connectivity index is 0.00000200. The monoisotopic (exact) mass is 330 g/mol. The second kappa shape index (κ2) is 7.52. The van der Waals surface area contributed by atoms with E-state index in [2.05, 4.69) is 23.8 Å². The van der Waals surface area contributed by atoms with Crippen molar-refractivity contribution in [1.29, 1.82) is 0 Å². The van der Waals surface area contributed by atoms with Crippen molar-refractivity contribution in [3.63, 3.8) is 0 Å². The van der Waals surface area contributed by atoms with Crippen LogP contribution in [0.4, 0.5) is 5.69 Å². The number of nitro groups is 1. The van der Waals surface area contributed by atoms with Gasteiger partial charge in [0.2, 0.25) is 0 Å². The number of rotatable bonds is 4. The molecule has 1 heterocycles.